The number of likely N-dealkylation sites (tertiary alicyclic amines) is 1. The van der Waals surface area contributed by atoms with Gasteiger partial charge in [0.05, 0.1) is 41.9 Å². The molecule has 0 saturated carbocycles. The van der Waals surface area contributed by atoms with Crippen LogP contribution in [0.15, 0.2) is 36.5 Å². The Morgan fingerprint density at radius 1 is 1.14 bits per heavy atom. The van der Waals surface area contributed by atoms with Gasteiger partial charge in [0.25, 0.3) is 5.91 Å². The van der Waals surface area contributed by atoms with Crippen molar-refractivity contribution < 1.29 is 22.9 Å². The molecule has 1 N–H and O–H groups in total. The van der Waals surface area contributed by atoms with Crippen LogP contribution in [0.4, 0.5) is 20.3 Å². The van der Waals surface area contributed by atoms with E-state index in [1.165, 1.54) is 12.1 Å². The third-order valence-electron chi connectivity index (χ3n) is 7.23. The molecule has 1 atom stereocenters. The summed E-state index contributed by atoms with van der Waals surface area (Å²) in [5, 5.41) is 3.15. The highest BCUT2D eigenvalue weighted by atomic mass is 32.2. The van der Waals surface area contributed by atoms with Crippen LogP contribution in [0.25, 0.3) is 11.0 Å². The zero-order valence-corrected chi connectivity index (χ0v) is 21.2. The second-order valence-corrected chi connectivity index (χ2v) is 11.6. The zero-order valence-electron chi connectivity index (χ0n) is 20.4. The summed E-state index contributed by atoms with van der Waals surface area (Å²) in [7, 11) is 0. The number of hydrogen-bond donors (Lipinski definition) is 1. The first-order valence-corrected chi connectivity index (χ1v) is 13.8. The molecular formula is C26H27F2N5O3S. The van der Waals surface area contributed by atoms with Crippen LogP contribution in [0.3, 0.4) is 0 Å². The summed E-state index contributed by atoms with van der Waals surface area (Å²) in [6.45, 7) is 5.67. The molecule has 0 aliphatic carbocycles. The quantitative estimate of drug-likeness (QED) is 0.510. The molecule has 1 aromatic heterocycles. The van der Waals surface area contributed by atoms with Gasteiger partial charge in [0.15, 0.2) is 0 Å². The molecule has 2 aromatic carbocycles. The van der Waals surface area contributed by atoms with Crippen molar-refractivity contribution in [1.29, 1.82) is 0 Å². The fourth-order valence-electron chi connectivity index (χ4n) is 5.41. The third-order valence-corrected chi connectivity index (χ3v) is 9.10. The molecule has 0 radical (unpaired) electrons. The van der Waals surface area contributed by atoms with Gasteiger partial charge < -0.3 is 24.4 Å². The van der Waals surface area contributed by atoms with Crippen molar-refractivity contribution in [3.63, 3.8) is 0 Å². The summed E-state index contributed by atoms with van der Waals surface area (Å²) >= 11 is -0.769. The Bertz CT molecular complexity index is 1340. The summed E-state index contributed by atoms with van der Waals surface area (Å²) in [6, 6.07) is 6.38. The lowest BCUT2D eigenvalue weighted by molar-refractivity contribution is 0.0202. The largest absolute Gasteiger partial charge is 0.616 e. The number of hydrogen-bond acceptors (Lipinski definition) is 7. The van der Waals surface area contributed by atoms with E-state index in [9.17, 15) is 18.1 Å². The monoisotopic (exact) mass is 527 g/mol. The van der Waals surface area contributed by atoms with Gasteiger partial charge in [-0.15, -0.1) is 0 Å². The topological polar surface area (TPSA) is 93.7 Å². The van der Waals surface area contributed by atoms with Crippen molar-refractivity contribution in [2.24, 2.45) is 5.41 Å². The van der Waals surface area contributed by atoms with Crippen molar-refractivity contribution in [3.8, 4) is 0 Å². The molecule has 194 valence electrons. The zero-order chi connectivity index (χ0) is 25.7. The highest BCUT2D eigenvalue weighted by Gasteiger charge is 2.57. The van der Waals surface area contributed by atoms with E-state index >= 15 is 0 Å². The highest BCUT2D eigenvalue weighted by molar-refractivity contribution is 7.92. The van der Waals surface area contributed by atoms with Crippen molar-refractivity contribution in [2.45, 2.75) is 13.0 Å². The molecule has 3 aliphatic heterocycles. The van der Waals surface area contributed by atoms with Crippen molar-refractivity contribution in [1.82, 2.24) is 14.9 Å². The van der Waals surface area contributed by atoms with Gasteiger partial charge in [0.1, 0.15) is 29.0 Å². The number of aromatic nitrogens is 2. The Hall–Kier alpha value is -3.02. The van der Waals surface area contributed by atoms with Gasteiger partial charge in [-0.05, 0) is 31.2 Å². The molecule has 37 heavy (non-hydrogen) atoms. The lowest BCUT2D eigenvalue weighted by Gasteiger charge is -2.54. The summed E-state index contributed by atoms with van der Waals surface area (Å²) < 4.78 is 44.7. The lowest BCUT2D eigenvalue weighted by Crippen LogP contribution is -2.69. The van der Waals surface area contributed by atoms with E-state index in [0.717, 1.165) is 6.07 Å². The summed E-state index contributed by atoms with van der Waals surface area (Å²) in [6.07, 6.45) is 1.70. The van der Waals surface area contributed by atoms with E-state index < -0.39 is 28.9 Å². The Labute approximate surface area is 216 Å². The minimum Gasteiger partial charge on any atom is -0.616 e. The number of amides is 1. The molecular weight excluding hydrogens is 500 g/mol. The number of fused-ring (bicyclic) bond motifs is 1. The van der Waals surface area contributed by atoms with Crippen LogP contribution < -0.4 is 10.2 Å². The molecule has 6 rings (SSSR count). The average molecular weight is 528 g/mol. The lowest BCUT2D eigenvalue weighted by atomic mass is 9.82. The van der Waals surface area contributed by atoms with Crippen molar-refractivity contribution >= 4 is 39.6 Å². The molecule has 0 bridgehead atoms. The van der Waals surface area contributed by atoms with Gasteiger partial charge in [0.2, 0.25) is 0 Å². The predicted octanol–water partition coefficient (Wildman–Crippen LogP) is 3.12. The number of carbonyl (C=O) groups excluding carboxylic acids is 1. The Balaban J connectivity index is 1.35. The first-order valence-electron chi connectivity index (χ1n) is 12.3. The molecule has 1 amide bonds. The Kier molecular flexibility index (Phi) is 6.16. The number of halogens is 2. The molecule has 1 unspecified atom stereocenters. The highest BCUT2D eigenvalue weighted by Crippen LogP contribution is 2.42. The smallest absolute Gasteiger partial charge is 0.253 e. The molecule has 3 saturated heterocycles. The number of nitrogens with zero attached hydrogens (tertiary/aromatic N) is 4. The van der Waals surface area contributed by atoms with Gasteiger partial charge in [-0.25, -0.2) is 13.8 Å². The second-order valence-electron chi connectivity index (χ2n) is 10.2. The van der Waals surface area contributed by atoms with Crippen LogP contribution in [0.1, 0.15) is 28.9 Å². The van der Waals surface area contributed by atoms with Crippen LogP contribution >= 0.6 is 0 Å². The maximum absolute atomic E-state index is 13.8. The van der Waals surface area contributed by atoms with Gasteiger partial charge >= 0.3 is 0 Å². The van der Waals surface area contributed by atoms with E-state index in [2.05, 4.69) is 15.2 Å². The fourth-order valence-corrected chi connectivity index (χ4v) is 7.05. The van der Waals surface area contributed by atoms with Gasteiger partial charge in [-0.1, -0.05) is 11.2 Å². The maximum Gasteiger partial charge on any atom is 0.253 e. The van der Waals surface area contributed by atoms with Gasteiger partial charge in [-0.2, -0.15) is 0 Å². The normalized spacial score (nSPS) is 20.0. The fraction of sp³-hybridized carbons (Fsp3) is 0.423. The van der Waals surface area contributed by atoms with Crippen LogP contribution in [-0.4, -0.2) is 76.2 Å². The number of nitrogens with one attached hydrogen (secondary N) is 1. The number of morpholine rings is 1. The van der Waals surface area contributed by atoms with E-state index in [4.69, 9.17) is 9.72 Å². The van der Waals surface area contributed by atoms with Crippen molar-refractivity contribution in [3.05, 3.63) is 59.3 Å². The van der Waals surface area contributed by atoms with Crippen LogP contribution in [0.5, 0.6) is 0 Å². The second kappa shape index (κ2) is 9.38. The van der Waals surface area contributed by atoms with E-state index in [-0.39, 0.29) is 17.0 Å². The van der Waals surface area contributed by atoms with Crippen LogP contribution in [0.2, 0.25) is 0 Å². The summed E-state index contributed by atoms with van der Waals surface area (Å²) in [5.74, 6) is 0.543. The number of anilines is 2. The molecule has 3 aliphatic rings. The van der Waals surface area contributed by atoms with E-state index in [1.807, 2.05) is 6.92 Å². The molecule has 3 fully saturated rings. The first kappa shape index (κ1) is 24.3. The number of ether oxygens (including phenoxy) is 1. The number of benzene rings is 2. The average Bonchev–Trinajstić information content (AvgIpc) is 2.83. The van der Waals surface area contributed by atoms with Gasteiger partial charge in [0, 0.05) is 49.1 Å². The molecule has 3 aromatic rings. The Morgan fingerprint density at radius 2 is 1.84 bits per heavy atom. The van der Waals surface area contributed by atoms with E-state index in [0.29, 0.717) is 78.9 Å². The molecule has 11 heteroatoms. The molecule has 1 spiro atoms. The maximum atomic E-state index is 13.8. The molecule has 8 nitrogen and oxygen atoms in total. The first-order chi connectivity index (χ1) is 17.8. The molecule has 4 heterocycles. The van der Waals surface area contributed by atoms with Crippen LogP contribution in [-0.2, 0) is 15.9 Å². The summed E-state index contributed by atoms with van der Waals surface area (Å²) in [5.41, 5.74) is 2.65. The Morgan fingerprint density at radius 3 is 2.51 bits per heavy atom. The van der Waals surface area contributed by atoms with E-state index in [1.54, 1.807) is 23.2 Å². The minimum atomic E-state index is -0.769. The standard InChI is InChI=1S/C26H27F2N5O3S/c1-16(30-20-9-18(27)8-19(28)10-20)21-6-17(25(34)33-12-26(13-33)14-37(35)15-26)7-22-24(21)31-23(11-29-22)32-2-4-36-5-3-32/h6-11,16,30H,2-5,12-15H2,1H3. The third kappa shape index (κ3) is 4.71. The number of carbonyl (C=O) groups is 1. The number of rotatable bonds is 5. The van der Waals surface area contributed by atoms with Crippen molar-refractivity contribution in [2.75, 3.05) is 61.1 Å². The van der Waals surface area contributed by atoms with Gasteiger partial charge in [-0.3, -0.25) is 9.78 Å². The minimum absolute atomic E-state index is 0.00334. The SMILES string of the molecule is CC(Nc1cc(F)cc(F)c1)c1cc(C(=O)N2CC3(C2)C[S+]([O-])C3)cc2ncc(N3CCOCC3)nc12. The predicted molar refractivity (Wildman–Crippen MR) is 137 cm³/mol. The van der Waals surface area contributed by atoms with Crippen LogP contribution in [0, 0.1) is 17.0 Å². The summed E-state index contributed by atoms with van der Waals surface area (Å²) in [4.78, 5) is 26.8.